The van der Waals surface area contributed by atoms with Crippen molar-refractivity contribution in [3.63, 3.8) is 0 Å². The maximum atomic E-state index is 9.56. The van der Waals surface area contributed by atoms with Crippen molar-refractivity contribution in [2.45, 2.75) is 46.1 Å². The van der Waals surface area contributed by atoms with Crippen molar-refractivity contribution in [2.75, 3.05) is 13.2 Å². The molecule has 0 heterocycles. The lowest BCUT2D eigenvalue weighted by Gasteiger charge is -2.31. The minimum Gasteiger partial charge on any atom is -0.396 e. The van der Waals surface area contributed by atoms with Crippen LogP contribution in [0.4, 0.5) is 0 Å². The molecule has 19 heavy (non-hydrogen) atoms. The molecule has 1 unspecified atom stereocenters. The Morgan fingerprint density at radius 3 is 2.26 bits per heavy atom. The Morgan fingerprint density at radius 2 is 1.79 bits per heavy atom. The summed E-state index contributed by atoms with van der Waals surface area (Å²) in [5, 5.41) is 13.1. The number of aliphatic hydroxyl groups is 1. The van der Waals surface area contributed by atoms with Crippen LogP contribution in [-0.2, 0) is 6.42 Å². The van der Waals surface area contributed by atoms with Gasteiger partial charge in [0.25, 0.3) is 0 Å². The summed E-state index contributed by atoms with van der Waals surface area (Å²) in [5.74, 6) is 0. The van der Waals surface area contributed by atoms with Crippen LogP contribution in [0.3, 0.4) is 0 Å². The van der Waals surface area contributed by atoms with Crippen molar-refractivity contribution in [2.24, 2.45) is 5.41 Å². The molecule has 0 aliphatic carbocycles. The minimum atomic E-state index is 0.0357. The first kappa shape index (κ1) is 16.7. The molecule has 0 aliphatic rings. The van der Waals surface area contributed by atoms with Gasteiger partial charge >= 0.3 is 0 Å². The number of halogens is 1. The summed E-state index contributed by atoms with van der Waals surface area (Å²) in [5.41, 5.74) is 1.37. The van der Waals surface area contributed by atoms with Gasteiger partial charge in [0.1, 0.15) is 0 Å². The second-order valence-corrected chi connectivity index (χ2v) is 6.39. The van der Waals surface area contributed by atoms with Gasteiger partial charge in [0, 0.05) is 29.1 Å². The average molecular weight is 328 g/mol. The van der Waals surface area contributed by atoms with Crippen molar-refractivity contribution >= 4 is 15.9 Å². The van der Waals surface area contributed by atoms with E-state index in [0.29, 0.717) is 6.04 Å². The molecule has 3 heteroatoms. The summed E-state index contributed by atoms with van der Waals surface area (Å²) < 4.78 is 1.12. The van der Waals surface area contributed by atoms with E-state index in [1.54, 1.807) is 0 Å². The normalized spacial score (nSPS) is 13.5. The van der Waals surface area contributed by atoms with Gasteiger partial charge in [0.2, 0.25) is 0 Å². The number of aliphatic hydroxyl groups excluding tert-OH is 1. The molecule has 2 nitrogen and oxygen atoms in total. The van der Waals surface area contributed by atoms with Crippen LogP contribution in [0.1, 0.15) is 39.2 Å². The van der Waals surface area contributed by atoms with Gasteiger partial charge in [-0.2, -0.15) is 0 Å². The van der Waals surface area contributed by atoms with Gasteiger partial charge in [-0.1, -0.05) is 41.9 Å². The Hall–Kier alpha value is -0.380. The first-order chi connectivity index (χ1) is 9.05. The molecule has 0 radical (unpaired) electrons. The highest BCUT2D eigenvalue weighted by atomic mass is 79.9. The van der Waals surface area contributed by atoms with Crippen LogP contribution < -0.4 is 5.32 Å². The molecule has 0 aliphatic heterocycles. The van der Waals surface area contributed by atoms with Crippen LogP contribution in [0, 0.1) is 5.41 Å². The first-order valence-electron chi connectivity index (χ1n) is 7.14. The van der Waals surface area contributed by atoms with Crippen molar-refractivity contribution in [1.29, 1.82) is 0 Å². The van der Waals surface area contributed by atoms with E-state index in [2.05, 4.69) is 66.3 Å². The van der Waals surface area contributed by atoms with Gasteiger partial charge in [-0.15, -0.1) is 0 Å². The standard InChI is InChI=1S/C16H26BrNO/c1-4-16(5-2,12-19)11-18-13(3)10-14-6-8-15(17)9-7-14/h6-9,13,18-19H,4-5,10-12H2,1-3H3. The molecule has 0 bridgehead atoms. The predicted octanol–water partition coefficient (Wildman–Crippen LogP) is 3.77. The molecule has 0 saturated carbocycles. The summed E-state index contributed by atoms with van der Waals surface area (Å²) in [6.45, 7) is 7.66. The van der Waals surface area contributed by atoms with Crippen molar-refractivity contribution in [1.82, 2.24) is 5.32 Å². The second kappa shape index (κ2) is 8.03. The monoisotopic (exact) mass is 327 g/mol. The van der Waals surface area contributed by atoms with Crippen molar-refractivity contribution < 1.29 is 5.11 Å². The fourth-order valence-electron chi connectivity index (χ4n) is 2.22. The Kier molecular flexibility index (Phi) is 7.05. The van der Waals surface area contributed by atoms with Gasteiger partial charge in [-0.25, -0.2) is 0 Å². The lowest BCUT2D eigenvalue weighted by atomic mass is 9.83. The second-order valence-electron chi connectivity index (χ2n) is 5.48. The van der Waals surface area contributed by atoms with Gasteiger partial charge < -0.3 is 10.4 Å². The molecule has 1 atom stereocenters. The van der Waals surface area contributed by atoms with Crippen LogP contribution in [-0.4, -0.2) is 24.3 Å². The first-order valence-corrected chi connectivity index (χ1v) is 7.93. The zero-order valence-electron chi connectivity index (χ0n) is 12.2. The van der Waals surface area contributed by atoms with Crippen LogP contribution in [0.15, 0.2) is 28.7 Å². The molecular weight excluding hydrogens is 302 g/mol. The van der Waals surface area contributed by atoms with Crippen LogP contribution in [0.25, 0.3) is 0 Å². The van der Waals surface area contributed by atoms with Gasteiger partial charge in [-0.05, 0) is 43.9 Å². The molecule has 0 amide bonds. The quantitative estimate of drug-likeness (QED) is 0.761. The van der Waals surface area contributed by atoms with Crippen LogP contribution in [0.2, 0.25) is 0 Å². The third-order valence-electron chi connectivity index (χ3n) is 4.12. The van der Waals surface area contributed by atoms with E-state index in [4.69, 9.17) is 0 Å². The Morgan fingerprint density at radius 1 is 1.21 bits per heavy atom. The van der Waals surface area contributed by atoms with Crippen LogP contribution in [0.5, 0.6) is 0 Å². The average Bonchev–Trinajstić information content (AvgIpc) is 2.44. The van der Waals surface area contributed by atoms with E-state index in [1.807, 2.05) is 0 Å². The third kappa shape index (κ3) is 5.25. The number of hydrogen-bond acceptors (Lipinski definition) is 2. The summed E-state index contributed by atoms with van der Waals surface area (Å²) >= 11 is 3.45. The van der Waals surface area contributed by atoms with Gasteiger partial charge in [-0.3, -0.25) is 0 Å². The van der Waals surface area contributed by atoms with Crippen molar-refractivity contribution in [3.05, 3.63) is 34.3 Å². The zero-order chi connectivity index (χ0) is 14.3. The SMILES string of the molecule is CCC(CC)(CO)CNC(C)Cc1ccc(Br)cc1. The van der Waals surface area contributed by atoms with E-state index in [1.165, 1.54) is 5.56 Å². The van der Waals surface area contributed by atoms with Crippen LogP contribution >= 0.6 is 15.9 Å². The van der Waals surface area contributed by atoms with Gasteiger partial charge in [0.05, 0.1) is 0 Å². The largest absolute Gasteiger partial charge is 0.396 e. The maximum Gasteiger partial charge on any atom is 0.0499 e. The topological polar surface area (TPSA) is 32.3 Å². The highest BCUT2D eigenvalue weighted by Crippen LogP contribution is 2.24. The number of rotatable bonds is 8. The maximum absolute atomic E-state index is 9.56. The lowest BCUT2D eigenvalue weighted by molar-refractivity contribution is 0.110. The zero-order valence-corrected chi connectivity index (χ0v) is 13.8. The van der Waals surface area contributed by atoms with E-state index in [-0.39, 0.29) is 12.0 Å². The van der Waals surface area contributed by atoms with Crippen molar-refractivity contribution in [3.8, 4) is 0 Å². The fraction of sp³-hybridized carbons (Fsp3) is 0.625. The molecule has 0 saturated heterocycles. The molecular formula is C16H26BrNO. The Labute approximate surface area is 125 Å². The highest BCUT2D eigenvalue weighted by molar-refractivity contribution is 9.10. The molecule has 108 valence electrons. The Bertz CT molecular complexity index is 351. The molecule has 1 rings (SSSR count). The number of benzene rings is 1. The highest BCUT2D eigenvalue weighted by Gasteiger charge is 2.25. The molecule has 0 spiro atoms. The summed E-state index contributed by atoms with van der Waals surface area (Å²) in [4.78, 5) is 0. The molecule has 0 fully saturated rings. The molecule has 1 aromatic rings. The summed E-state index contributed by atoms with van der Waals surface area (Å²) in [6, 6.07) is 8.89. The smallest absolute Gasteiger partial charge is 0.0499 e. The number of nitrogens with one attached hydrogen (secondary N) is 1. The van der Waals surface area contributed by atoms with E-state index in [9.17, 15) is 5.11 Å². The fourth-order valence-corrected chi connectivity index (χ4v) is 2.48. The Balaban J connectivity index is 2.47. The summed E-state index contributed by atoms with van der Waals surface area (Å²) in [6.07, 6.45) is 3.04. The van der Waals surface area contributed by atoms with E-state index < -0.39 is 0 Å². The predicted molar refractivity (Wildman–Crippen MR) is 85.4 cm³/mol. The van der Waals surface area contributed by atoms with E-state index >= 15 is 0 Å². The minimum absolute atomic E-state index is 0.0357. The third-order valence-corrected chi connectivity index (χ3v) is 4.64. The van der Waals surface area contributed by atoms with Gasteiger partial charge in [0.15, 0.2) is 0 Å². The molecule has 1 aromatic carbocycles. The lowest BCUT2D eigenvalue weighted by Crippen LogP contribution is -2.41. The van der Waals surface area contributed by atoms with E-state index in [0.717, 1.165) is 30.3 Å². The molecule has 0 aromatic heterocycles. The summed E-state index contributed by atoms with van der Waals surface area (Å²) in [7, 11) is 0. The number of hydrogen-bond donors (Lipinski definition) is 2. The molecule has 2 N–H and O–H groups in total.